The number of ether oxygens (including phenoxy) is 1. The zero-order valence-electron chi connectivity index (χ0n) is 11.6. The number of benzene rings is 1. The molecule has 4 heteroatoms. The Hall–Kier alpha value is -2.75. The molecule has 0 amide bonds. The summed E-state index contributed by atoms with van der Waals surface area (Å²) in [5.74, 6) is -1.38. The van der Waals surface area contributed by atoms with Crippen LogP contribution in [0.5, 0.6) is 0 Å². The minimum atomic E-state index is -0.426. The summed E-state index contributed by atoms with van der Waals surface area (Å²) in [5.41, 5.74) is 0.433. The van der Waals surface area contributed by atoms with Gasteiger partial charge >= 0.3 is 0 Å². The van der Waals surface area contributed by atoms with Crippen molar-refractivity contribution in [2.75, 3.05) is 6.61 Å². The van der Waals surface area contributed by atoms with Gasteiger partial charge in [-0.2, -0.15) is 0 Å². The van der Waals surface area contributed by atoms with Crippen LogP contribution in [0.15, 0.2) is 60.4 Å². The molecule has 1 aromatic carbocycles. The fourth-order valence-corrected chi connectivity index (χ4v) is 2.08. The van der Waals surface area contributed by atoms with Crippen molar-refractivity contribution in [1.29, 1.82) is 0 Å². The Balaban J connectivity index is 2.65. The number of hydrogen-bond acceptors (Lipinski definition) is 4. The van der Waals surface area contributed by atoms with Crippen LogP contribution in [-0.4, -0.2) is 24.0 Å². The van der Waals surface area contributed by atoms with Crippen LogP contribution in [-0.2, 0) is 9.53 Å². The predicted octanol–water partition coefficient (Wildman–Crippen LogP) is 2.67. The maximum absolute atomic E-state index is 12.6. The summed E-state index contributed by atoms with van der Waals surface area (Å²) in [5, 5.41) is 0. The molecule has 0 saturated heterocycles. The van der Waals surface area contributed by atoms with E-state index in [4.69, 9.17) is 4.74 Å². The van der Waals surface area contributed by atoms with E-state index in [-0.39, 0.29) is 40.4 Å². The van der Waals surface area contributed by atoms with E-state index in [0.29, 0.717) is 0 Å². The standard InChI is InChI=1S/C17H14O4/c1-4-9-21-17-14(10(2)11(3)18)15(19)12-7-5-6-8-13(12)16(17)20/h4-8H,1-2,9H2,3H3. The van der Waals surface area contributed by atoms with Gasteiger partial charge in [0.25, 0.3) is 0 Å². The predicted molar refractivity (Wildman–Crippen MR) is 78.1 cm³/mol. The summed E-state index contributed by atoms with van der Waals surface area (Å²) in [7, 11) is 0. The summed E-state index contributed by atoms with van der Waals surface area (Å²) in [6.45, 7) is 8.46. The van der Waals surface area contributed by atoms with Gasteiger partial charge in [-0.25, -0.2) is 0 Å². The lowest BCUT2D eigenvalue weighted by Gasteiger charge is -2.21. The third-order valence-electron chi connectivity index (χ3n) is 3.15. The van der Waals surface area contributed by atoms with E-state index in [1.165, 1.54) is 13.0 Å². The second kappa shape index (κ2) is 5.71. The van der Waals surface area contributed by atoms with Crippen LogP contribution in [0.25, 0.3) is 0 Å². The highest BCUT2D eigenvalue weighted by Gasteiger charge is 2.35. The molecule has 0 atom stereocenters. The van der Waals surface area contributed by atoms with Crippen LogP contribution in [0.3, 0.4) is 0 Å². The number of Topliss-reactive ketones (excluding diaryl/α,β-unsaturated/α-hetero) is 3. The molecule has 0 spiro atoms. The zero-order valence-corrected chi connectivity index (χ0v) is 11.6. The molecule has 106 valence electrons. The number of fused-ring (bicyclic) bond motifs is 1. The quantitative estimate of drug-likeness (QED) is 0.615. The molecule has 0 saturated carbocycles. The van der Waals surface area contributed by atoms with Crippen molar-refractivity contribution in [3.8, 4) is 0 Å². The Morgan fingerprint density at radius 1 is 1.19 bits per heavy atom. The third-order valence-corrected chi connectivity index (χ3v) is 3.15. The van der Waals surface area contributed by atoms with E-state index in [2.05, 4.69) is 13.2 Å². The fraction of sp³-hybridized carbons (Fsp3) is 0.118. The van der Waals surface area contributed by atoms with Crippen LogP contribution in [0.1, 0.15) is 27.6 Å². The molecule has 0 aromatic heterocycles. The van der Waals surface area contributed by atoms with Crippen molar-refractivity contribution < 1.29 is 19.1 Å². The molecular formula is C17H14O4. The average molecular weight is 282 g/mol. The van der Waals surface area contributed by atoms with E-state index in [9.17, 15) is 14.4 Å². The van der Waals surface area contributed by atoms with Gasteiger partial charge in [-0.1, -0.05) is 43.5 Å². The molecule has 1 aliphatic rings. The lowest BCUT2D eigenvalue weighted by molar-refractivity contribution is -0.113. The Labute approximate surface area is 122 Å². The number of hydrogen-bond donors (Lipinski definition) is 0. The first kappa shape index (κ1) is 14.7. The zero-order chi connectivity index (χ0) is 15.6. The van der Waals surface area contributed by atoms with Crippen molar-refractivity contribution in [2.24, 2.45) is 0 Å². The largest absolute Gasteiger partial charge is 0.485 e. The molecule has 0 bridgehead atoms. The van der Waals surface area contributed by atoms with Crippen LogP contribution >= 0.6 is 0 Å². The van der Waals surface area contributed by atoms with Gasteiger partial charge in [-0.15, -0.1) is 0 Å². The van der Waals surface area contributed by atoms with E-state index in [0.717, 1.165) is 0 Å². The van der Waals surface area contributed by atoms with Crippen molar-refractivity contribution in [3.05, 3.63) is 71.5 Å². The fourth-order valence-electron chi connectivity index (χ4n) is 2.08. The van der Waals surface area contributed by atoms with Crippen molar-refractivity contribution in [2.45, 2.75) is 6.92 Å². The van der Waals surface area contributed by atoms with Gasteiger partial charge in [0.2, 0.25) is 5.78 Å². The van der Waals surface area contributed by atoms with E-state index in [1.807, 2.05) is 0 Å². The van der Waals surface area contributed by atoms with E-state index in [1.54, 1.807) is 24.3 Å². The molecular weight excluding hydrogens is 268 g/mol. The molecule has 0 N–H and O–H groups in total. The summed E-state index contributed by atoms with van der Waals surface area (Å²) in [4.78, 5) is 36.6. The highest BCUT2D eigenvalue weighted by molar-refractivity contribution is 6.30. The normalized spacial score (nSPS) is 13.8. The highest BCUT2D eigenvalue weighted by Crippen LogP contribution is 2.30. The van der Waals surface area contributed by atoms with Gasteiger partial charge in [0.15, 0.2) is 17.3 Å². The molecule has 0 heterocycles. The maximum atomic E-state index is 12.6. The summed E-state index contributed by atoms with van der Waals surface area (Å²) in [6, 6.07) is 6.43. The molecule has 0 aliphatic heterocycles. The molecule has 0 fully saturated rings. The number of ketones is 3. The molecule has 1 aromatic rings. The van der Waals surface area contributed by atoms with Crippen LogP contribution in [0.2, 0.25) is 0 Å². The molecule has 2 rings (SSSR count). The number of allylic oxidation sites excluding steroid dienone is 3. The Kier molecular flexibility index (Phi) is 3.98. The smallest absolute Gasteiger partial charge is 0.229 e. The molecule has 21 heavy (non-hydrogen) atoms. The van der Waals surface area contributed by atoms with Gasteiger partial charge < -0.3 is 4.74 Å². The minimum absolute atomic E-state index is 0.0260. The van der Waals surface area contributed by atoms with Crippen molar-refractivity contribution >= 4 is 17.3 Å². The summed E-state index contributed by atoms with van der Waals surface area (Å²) >= 11 is 0. The highest BCUT2D eigenvalue weighted by atomic mass is 16.5. The summed E-state index contributed by atoms with van der Waals surface area (Å²) < 4.78 is 5.33. The lowest BCUT2D eigenvalue weighted by atomic mass is 9.84. The van der Waals surface area contributed by atoms with E-state index >= 15 is 0 Å². The van der Waals surface area contributed by atoms with Crippen molar-refractivity contribution in [3.63, 3.8) is 0 Å². The van der Waals surface area contributed by atoms with Gasteiger partial charge in [0.1, 0.15) is 6.61 Å². The minimum Gasteiger partial charge on any atom is -0.485 e. The molecule has 0 radical (unpaired) electrons. The lowest BCUT2D eigenvalue weighted by Crippen LogP contribution is -2.26. The molecule has 1 aliphatic carbocycles. The van der Waals surface area contributed by atoms with Crippen LogP contribution < -0.4 is 0 Å². The monoisotopic (exact) mass is 282 g/mol. The third kappa shape index (κ3) is 2.48. The summed E-state index contributed by atoms with van der Waals surface area (Å²) in [6.07, 6.45) is 1.46. The average Bonchev–Trinajstić information content (AvgIpc) is 2.48. The number of rotatable bonds is 5. The van der Waals surface area contributed by atoms with Gasteiger partial charge in [-0.3, -0.25) is 14.4 Å². The van der Waals surface area contributed by atoms with Crippen molar-refractivity contribution in [1.82, 2.24) is 0 Å². The second-order valence-corrected chi connectivity index (χ2v) is 4.54. The first-order valence-electron chi connectivity index (χ1n) is 6.35. The Morgan fingerprint density at radius 2 is 1.76 bits per heavy atom. The van der Waals surface area contributed by atoms with Crippen LogP contribution in [0.4, 0.5) is 0 Å². The van der Waals surface area contributed by atoms with E-state index < -0.39 is 11.6 Å². The molecule has 4 nitrogen and oxygen atoms in total. The SMILES string of the molecule is C=CCOC1=C(C(=C)C(C)=O)C(=O)c2ccccc2C1=O. The first-order valence-corrected chi connectivity index (χ1v) is 6.35. The Morgan fingerprint density at radius 3 is 2.29 bits per heavy atom. The number of carbonyl (C=O) groups is 3. The topological polar surface area (TPSA) is 60.4 Å². The first-order chi connectivity index (χ1) is 9.99. The van der Waals surface area contributed by atoms with Gasteiger partial charge in [0, 0.05) is 16.7 Å². The van der Waals surface area contributed by atoms with Crippen LogP contribution in [0, 0.1) is 0 Å². The number of carbonyl (C=O) groups excluding carboxylic acids is 3. The second-order valence-electron chi connectivity index (χ2n) is 4.54. The van der Waals surface area contributed by atoms with Gasteiger partial charge in [0.05, 0.1) is 5.57 Å². The molecule has 0 unspecified atom stereocenters. The Bertz CT molecular complexity index is 707. The van der Waals surface area contributed by atoms with Gasteiger partial charge in [-0.05, 0) is 6.92 Å². The maximum Gasteiger partial charge on any atom is 0.229 e.